The normalized spacial score (nSPS) is 10.3. The zero-order valence-electron chi connectivity index (χ0n) is 14.5. The molecule has 7 heteroatoms. The van der Waals surface area contributed by atoms with Crippen LogP contribution in [0.2, 0.25) is 0 Å². The maximum absolute atomic E-state index is 13.6. The third kappa shape index (κ3) is 4.58. The lowest BCUT2D eigenvalue weighted by atomic mass is 10.2. The monoisotopic (exact) mass is 369 g/mol. The van der Waals surface area contributed by atoms with Crippen molar-refractivity contribution >= 4 is 17.4 Å². The van der Waals surface area contributed by atoms with Crippen LogP contribution in [0.25, 0.3) is 0 Å². The van der Waals surface area contributed by atoms with Crippen LogP contribution in [-0.2, 0) is 6.54 Å². The van der Waals surface area contributed by atoms with E-state index in [0.29, 0.717) is 12.4 Å². The Balaban J connectivity index is 1.61. The van der Waals surface area contributed by atoms with E-state index in [4.69, 9.17) is 4.74 Å². The molecule has 2 aromatic carbocycles. The lowest BCUT2D eigenvalue weighted by molar-refractivity contribution is 0.102. The van der Waals surface area contributed by atoms with Gasteiger partial charge >= 0.3 is 0 Å². The van der Waals surface area contributed by atoms with E-state index in [1.807, 2.05) is 24.3 Å². The van der Waals surface area contributed by atoms with Crippen molar-refractivity contribution in [1.82, 2.24) is 4.98 Å². The molecule has 0 unspecified atom stereocenters. The van der Waals surface area contributed by atoms with Crippen molar-refractivity contribution in [2.75, 3.05) is 17.7 Å². The van der Waals surface area contributed by atoms with E-state index in [-0.39, 0.29) is 5.56 Å². The van der Waals surface area contributed by atoms with Crippen molar-refractivity contribution in [1.29, 1.82) is 0 Å². The van der Waals surface area contributed by atoms with Gasteiger partial charge in [-0.2, -0.15) is 0 Å². The second kappa shape index (κ2) is 8.27. The quantitative estimate of drug-likeness (QED) is 0.682. The number of hydrogen-bond acceptors (Lipinski definition) is 4. The number of rotatable bonds is 6. The topological polar surface area (TPSA) is 63.2 Å². The van der Waals surface area contributed by atoms with Crippen molar-refractivity contribution in [3.8, 4) is 5.75 Å². The Kier molecular flexibility index (Phi) is 5.61. The van der Waals surface area contributed by atoms with Gasteiger partial charge in [-0.25, -0.2) is 13.8 Å². The molecular formula is C20H17F2N3O2. The molecule has 0 saturated carbocycles. The van der Waals surface area contributed by atoms with Crippen LogP contribution in [0.1, 0.15) is 15.9 Å². The smallest absolute Gasteiger partial charge is 0.257 e. The molecule has 2 N–H and O–H groups in total. The predicted octanol–water partition coefficient (Wildman–Crippen LogP) is 4.23. The minimum absolute atomic E-state index is 0.188. The number of carbonyl (C=O) groups is 1. The second-order valence-corrected chi connectivity index (χ2v) is 5.68. The Labute approximate surface area is 155 Å². The van der Waals surface area contributed by atoms with Gasteiger partial charge in [-0.1, -0.05) is 18.2 Å². The number of pyridine rings is 1. The van der Waals surface area contributed by atoms with Crippen LogP contribution in [0.5, 0.6) is 5.75 Å². The average molecular weight is 369 g/mol. The van der Waals surface area contributed by atoms with Crippen molar-refractivity contribution in [3.63, 3.8) is 0 Å². The highest BCUT2D eigenvalue weighted by atomic mass is 19.1. The number of benzene rings is 2. The number of para-hydroxylation sites is 1. The summed E-state index contributed by atoms with van der Waals surface area (Å²) in [4.78, 5) is 16.3. The van der Waals surface area contributed by atoms with Gasteiger partial charge in [0.25, 0.3) is 5.91 Å². The molecule has 138 valence electrons. The van der Waals surface area contributed by atoms with E-state index in [1.165, 1.54) is 18.3 Å². The van der Waals surface area contributed by atoms with E-state index in [2.05, 4.69) is 15.6 Å². The Morgan fingerprint density at radius 1 is 1.04 bits per heavy atom. The molecule has 1 aromatic heterocycles. The first-order valence-corrected chi connectivity index (χ1v) is 8.15. The van der Waals surface area contributed by atoms with Crippen LogP contribution in [0, 0.1) is 11.6 Å². The molecule has 0 bridgehead atoms. The number of aromatic nitrogens is 1. The van der Waals surface area contributed by atoms with E-state index in [0.717, 1.165) is 23.4 Å². The number of carbonyl (C=O) groups excluding carboxylic acids is 1. The van der Waals surface area contributed by atoms with Gasteiger partial charge in [-0.15, -0.1) is 0 Å². The van der Waals surface area contributed by atoms with Crippen LogP contribution in [0.4, 0.5) is 20.3 Å². The molecule has 27 heavy (non-hydrogen) atoms. The highest BCUT2D eigenvalue weighted by Gasteiger charge is 2.13. The lowest BCUT2D eigenvalue weighted by Gasteiger charge is -2.09. The molecule has 0 saturated heterocycles. The van der Waals surface area contributed by atoms with Crippen molar-refractivity contribution in [2.45, 2.75) is 6.54 Å². The average Bonchev–Trinajstić information content (AvgIpc) is 2.70. The molecule has 0 aliphatic heterocycles. The maximum Gasteiger partial charge on any atom is 0.257 e. The minimum atomic E-state index is -0.839. The first kappa shape index (κ1) is 18.3. The van der Waals surface area contributed by atoms with Crippen LogP contribution in [-0.4, -0.2) is 18.0 Å². The van der Waals surface area contributed by atoms with Crippen LogP contribution in [0.15, 0.2) is 60.8 Å². The van der Waals surface area contributed by atoms with E-state index < -0.39 is 23.2 Å². The van der Waals surface area contributed by atoms with Gasteiger partial charge in [0, 0.05) is 12.7 Å². The number of methoxy groups -OCH3 is 1. The number of ether oxygens (including phenoxy) is 1. The molecule has 0 atom stereocenters. The van der Waals surface area contributed by atoms with Crippen LogP contribution < -0.4 is 15.4 Å². The summed E-state index contributed by atoms with van der Waals surface area (Å²) in [6.45, 7) is 0.545. The largest absolute Gasteiger partial charge is 0.497 e. The lowest BCUT2D eigenvalue weighted by Crippen LogP contribution is -2.14. The summed E-state index contributed by atoms with van der Waals surface area (Å²) in [5, 5.41) is 5.35. The number of halogens is 2. The highest BCUT2D eigenvalue weighted by molar-refractivity contribution is 6.04. The first-order chi connectivity index (χ1) is 13.1. The Morgan fingerprint density at radius 3 is 2.33 bits per heavy atom. The van der Waals surface area contributed by atoms with Crippen molar-refractivity contribution in [3.05, 3.63) is 83.6 Å². The summed E-state index contributed by atoms with van der Waals surface area (Å²) in [6.07, 6.45) is 1.34. The van der Waals surface area contributed by atoms with Gasteiger partial charge < -0.3 is 15.4 Å². The summed E-state index contributed by atoms with van der Waals surface area (Å²) in [6, 6.07) is 14.1. The van der Waals surface area contributed by atoms with Crippen molar-refractivity contribution in [2.24, 2.45) is 0 Å². The van der Waals surface area contributed by atoms with Crippen LogP contribution >= 0.6 is 0 Å². The third-order valence-corrected chi connectivity index (χ3v) is 3.86. The first-order valence-electron chi connectivity index (χ1n) is 8.15. The molecule has 1 heterocycles. The predicted molar refractivity (Wildman–Crippen MR) is 98.9 cm³/mol. The molecule has 0 radical (unpaired) electrons. The summed E-state index contributed by atoms with van der Waals surface area (Å²) >= 11 is 0. The number of nitrogens with one attached hydrogen (secondary N) is 2. The van der Waals surface area contributed by atoms with E-state index in [9.17, 15) is 13.6 Å². The number of amides is 1. The molecule has 3 aromatic rings. The minimum Gasteiger partial charge on any atom is -0.497 e. The Bertz CT molecular complexity index is 909. The third-order valence-electron chi connectivity index (χ3n) is 3.86. The van der Waals surface area contributed by atoms with Gasteiger partial charge in [-0.05, 0) is 42.0 Å². The highest BCUT2D eigenvalue weighted by Crippen LogP contribution is 2.19. The summed E-state index contributed by atoms with van der Waals surface area (Å²) in [5.41, 5.74) is 0.742. The van der Waals surface area contributed by atoms with E-state index >= 15 is 0 Å². The fourth-order valence-corrected chi connectivity index (χ4v) is 2.37. The molecular weight excluding hydrogens is 352 g/mol. The van der Waals surface area contributed by atoms with E-state index in [1.54, 1.807) is 13.2 Å². The van der Waals surface area contributed by atoms with Gasteiger partial charge in [0.15, 0.2) is 0 Å². The van der Waals surface area contributed by atoms with Crippen molar-refractivity contribution < 1.29 is 18.3 Å². The zero-order chi connectivity index (χ0) is 19.2. The molecule has 1 amide bonds. The SMILES string of the molecule is COc1ccc(CNc2ccc(C(=O)Nc3c(F)cccc3F)cn2)cc1. The molecule has 5 nitrogen and oxygen atoms in total. The van der Waals surface area contributed by atoms with Gasteiger partial charge in [0.05, 0.1) is 12.7 Å². The fraction of sp³-hybridized carbons (Fsp3) is 0.100. The number of anilines is 2. The van der Waals surface area contributed by atoms with Gasteiger partial charge in [0.1, 0.15) is 28.9 Å². The maximum atomic E-state index is 13.6. The molecule has 0 aliphatic rings. The standard InChI is InChI=1S/C20H17F2N3O2/c1-27-15-8-5-13(6-9-15)11-23-18-10-7-14(12-24-18)20(26)25-19-16(21)3-2-4-17(19)22/h2-10,12H,11H2,1H3,(H,23,24)(H,25,26). The zero-order valence-corrected chi connectivity index (χ0v) is 14.5. The number of hydrogen-bond donors (Lipinski definition) is 2. The van der Waals surface area contributed by atoms with Gasteiger partial charge in [-0.3, -0.25) is 4.79 Å². The Hall–Kier alpha value is -3.48. The summed E-state index contributed by atoms with van der Waals surface area (Å²) in [5.74, 6) is -0.977. The summed E-state index contributed by atoms with van der Waals surface area (Å²) < 4.78 is 32.3. The molecule has 3 rings (SSSR count). The van der Waals surface area contributed by atoms with Gasteiger partial charge in [0.2, 0.25) is 0 Å². The molecule has 0 aliphatic carbocycles. The Morgan fingerprint density at radius 2 is 1.74 bits per heavy atom. The molecule has 0 spiro atoms. The second-order valence-electron chi connectivity index (χ2n) is 5.68. The molecule has 0 fully saturated rings. The van der Waals surface area contributed by atoms with Crippen LogP contribution in [0.3, 0.4) is 0 Å². The summed E-state index contributed by atoms with van der Waals surface area (Å²) in [7, 11) is 1.61. The number of nitrogens with zero attached hydrogens (tertiary/aromatic N) is 1. The fourth-order valence-electron chi connectivity index (χ4n) is 2.37.